The Bertz CT molecular complexity index is 1230. The third-order valence-corrected chi connectivity index (χ3v) is 6.37. The topological polar surface area (TPSA) is 103 Å². The summed E-state index contributed by atoms with van der Waals surface area (Å²) in [5, 5.41) is 0. The van der Waals surface area contributed by atoms with Crippen molar-refractivity contribution in [1.82, 2.24) is 14.2 Å². The number of fused-ring (bicyclic) bond motifs is 2. The van der Waals surface area contributed by atoms with Crippen molar-refractivity contribution in [3.63, 3.8) is 0 Å². The van der Waals surface area contributed by atoms with E-state index in [1.54, 1.807) is 13.1 Å². The summed E-state index contributed by atoms with van der Waals surface area (Å²) in [7, 11) is 1.49. The second kappa shape index (κ2) is 8.31. The Morgan fingerprint density at radius 1 is 1.13 bits per heavy atom. The molecular weight excluding hydrogens is 434 g/mol. The van der Waals surface area contributed by atoms with Gasteiger partial charge in [0.05, 0.1) is 10.4 Å². The Morgan fingerprint density at radius 2 is 1.87 bits per heavy atom. The molecule has 0 amide bonds. The van der Waals surface area contributed by atoms with E-state index in [1.807, 2.05) is 37.2 Å². The number of halogens is 1. The van der Waals surface area contributed by atoms with E-state index in [1.165, 1.54) is 16.7 Å². The molecule has 0 saturated heterocycles. The average molecular weight is 456 g/mol. The van der Waals surface area contributed by atoms with E-state index in [0.29, 0.717) is 17.0 Å². The highest BCUT2D eigenvalue weighted by molar-refractivity contribution is 7.89. The Kier molecular flexibility index (Phi) is 6.14. The lowest BCUT2D eigenvalue weighted by atomic mass is 10.1. The predicted molar refractivity (Wildman–Crippen MR) is 113 cm³/mol. The zero-order valence-corrected chi connectivity index (χ0v) is 18.2. The van der Waals surface area contributed by atoms with Gasteiger partial charge >= 0.3 is 5.76 Å². The number of nitrogens with zero attached hydrogens (tertiary/aromatic N) is 2. The number of likely N-dealkylation sites (N-methyl/N-ethyl adjacent to an activating group) is 1. The molecule has 0 spiro atoms. The number of nitrogens with one attached hydrogen (secondary N) is 1. The molecule has 2 aromatic carbocycles. The molecular formula is C19H22ClN3O6S. The molecule has 1 unspecified atom stereocenters. The number of oxazole rings is 1. The van der Waals surface area contributed by atoms with Crippen LogP contribution in [0.1, 0.15) is 11.6 Å². The van der Waals surface area contributed by atoms with E-state index in [-0.39, 0.29) is 42.3 Å². The number of rotatable bonds is 6. The molecule has 1 aromatic heterocycles. The number of hydrogen-bond acceptors (Lipinski definition) is 7. The van der Waals surface area contributed by atoms with Crippen molar-refractivity contribution in [3.8, 4) is 11.5 Å². The molecule has 1 atom stereocenters. The number of aromatic nitrogens is 1. The predicted octanol–water partition coefficient (Wildman–Crippen LogP) is 1.86. The maximum atomic E-state index is 12.8. The minimum Gasteiger partial charge on any atom is -0.454 e. The van der Waals surface area contributed by atoms with Crippen LogP contribution in [0.25, 0.3) is 11.1 Å². The number of sulfonamides is 1. The van der Waals surface area contributed by atoms with Crippen LogP contribution in [-0.4, -0.2) is 45.3 Å². The highest BCUT2D eigenvalue weighted by Crippen LogP contribution is 2.35. The maximum absolute atomic E-state index is 12.8. The van der Waals surface area contributed by atoms with Crippen LogP contribution in [0.15, 0.2) is 50.5 Å². The minimum atomic E-state index is -3.81. The summed E-state index contributed by atoms with van der Waals surface area (Å²) in [5.41, 5.74) is 1.65. The molecule has 3 aromatic rings. The van der Waals surface area contributed by atoms with Crippen LogP contribution in [0.3, 0.4) is 0 Å². The molecule has 0 saturated carbocycles. The van der Waals surface area contributed by atoms with Gasteiger partial charge in [-0.05, 0) is 43.9 Å². The lowest BCUT2D eigenvalue weighted by Gasteiger charge is -2.25. The summed E-state index contributed by atoms with van der Waals surface area (Å²) in [4.78, 5) is 13.6. The quantitative estimate of drug-likeness (QED) is 0.605. The van der Waals surface area contributed by atoms with Gasteiger partial charge in [0.25, 0.3) is 0 Å². The number of hydrogen-bond donors (Lipinski definition) is 1. The van der Waals surface area contributed by atoms with Crippen LogP contribution >= 0.6 is 12.4 Å². The first-order chi connectivity index (χ1) is 13.8. The van der Waals surface area contributed by atoms with Crippen molar-refractivity contribution >= 4 is 33.5 Å². The first-order valence-electron chi connectivity index (χ1n) is 8.91. The Morgan fingerprint density at radius 3 is 2.60 bits per heavy atom. The van der Waals surface area contributed by atoms with Gasteiger partial charge < -0.3 is 18.8 Å². The van der Waals surface area contributed by atoms with Crippen molar-refractivity contribution in [2.75, 3.05) is 27.4 Å². The molecule has 0 fully saturated rings. The lowest BCUT2D eigenvalue weighted by Crippen LogP contribution is -2.34. The standard InChI is InChI=1S/C19H21N3O6S.ClH/c1-21(2)15(12-4-7-16-18(8-12)27-11-26-16)10-20-29(24,25)13-5-6-14-17(9-13)28-19(23)22(14)3;/h4-9,15,20H,10-11H2,1-3H3;1H. The molecule has 162 valence electrons. The SMILES string of the molecule is CN(C)C(CNS(=O)(=O)c1ccc2c(c1)oc(=O)n2C)c1ccc2c(c1)OCO2.Cl. The molecule has 2 heterocycles. The number of aryl methyl sites for hydroxylation is 1. The summed E-state index contributed by atoms with van der Waals surface area (Å²) in [6.07, 6.45) is 0. The first-order valence-corrected chi connectivity index (χ1v) is 10.4. The number of benzene rings is 2. The Hall–Kier alpha value is -2.53. The average Bonchev–Trinajstić information content (AvgIpc) is 3.25. The smallest absolute Gasteiger partial charge is 0.419 e. The fraction of sp³-hybridized carbons (Fsp3) is 0.316. The molecule has 0 radical (unpaired) electrons. The van der Waals surface area contributed by atoms with Gasteiger partial charge in [-0.2, -0.15) is 0 Å². The van der Waals surface area contributed by atoms with E-state index in [2.05, 4.69) is 4.72 Å². The summed E-state index contributed by atoms with van der Waals surface area (Å²) in [6.45, 7) is 0.321. The maximum Gasteiger partial charge on any atom is 0.419 e. The van der Waals surface area contributed by atoms with E-state index in [4.69, 9.17) is 13.9 Å². The van der Waals surface area contributed by atoms with Gasteiger partial charge in [0, 0.05) is 25.7 Å². The van der Waals surface area contributed by atoms with Crippen molar-refractivity contribution in [1.29, 1.82) is 0 Å². The summed E-state index contributed by atoms with van der Waals surface area (Å²) >= 11 is 0. The van der Waals surface area contributed by atoms with Gasteiger partial charge in [-0.25, -0.2) is 17.9 Å². The molecule has 1 aliphatic rings. The molecule has 1 aliphatic heterocycles. The lowest BCUT2D eigenvalue weighted by molar-refractivity contribution is 0.174. The first kappa shape index (κ1) is 22.2. The highest BCUT2D eigenvalue weighted by atomic mass is 35.5. The molecule has 9 nitrogen and oxygen atoms in total. The monoisotopic (exact) mass is 455 g/mol. The van der Waals surface area contributed by atoms with Gasteiger partial charge in [0.2, 0.25) is 16.8 Å². The van der Waals surface area contributed by atoms with Crippen molar-refractivity contribution in [2.24, 2.45) is 7.05 Å². The Balaban J connectivity index is 0.00000256. The van der Waals surface area contributed by atoms with Crippen LogP contribution in [-0.2, 0) is 17.1 Å². The fourth-order valence-electron chi connectivity index (χ4n) is 3.27. The second-order valence-electron chi connectivity index (χ2n) is 7.00. The summed E-state index contributed by atoms with van der Waals surface area (Å²) in [6, 6.07) is 9.68. The van der Waals surface area contributed by atoms with Gasteiger partial charge in [0.1, 0.15) is 0 Å². The van der Waals surface area contributed by atoms with E-state index < -0.39 is 15.8 Å². The third-order valence-electron chi connectivity index (χ3n) is 4.95. The molecule has 1 N–H and O–H groups in total. The zero-order chi connectivity index (χ0) is 20.8. The molecule has 0 bridgehead atoms. The fourth-order valence-corrected chi connectivity index (χ4v) is 4.33. The van der Waals surface area contributed by atoms with Gasteiger partial charge in [0.15, 0.2) is 17.1 Å². The van der Waals surface area contributed by atoms with Crippen molar-refractivity contribution in [3.05, 3.63) is 52.5 Å². The second-order valence-corrected chi connectivity index (χ2v) is 8.77. The van der Waals surface area contributed by atoms with Crippen LogP contribution in [0.2, 0.25) is 0 Å². The van der Waals surface area contributed by atoms with Gasteiger partial charge in [-0.15, -0.1) is 12.4 Å². The Labute approximate surface area is 179 Å². The van der Waals surface area contributed by atoms with E-state index in [0.717, 1.165) is 5.56 Å². The van der Waals surface area contributed by atoms with Crippen LogP contribution in [0, 0.1) is 0 Å². The zero-order valence-electron chi connectivity index (χ0n) is 16.6. The number of ether oxygens (including phenoxy) is 2. The normalized spacial score (nSPS) is 14.1. The van der Waals surface area contributed by atoms with Crippen molar-refractivity contribution in [2.45, 2.75) is 10.9 Å². The van der Waals surface area contributed by atoms with Crippen molar-refractivity contribution < 1.29 is 22.3 Å². The van der Waals surface area contributed by atoms with Crippen LogP contribution in [0.5, 0.6) is 11.5 Å². The highest BCUT2D eigenvalue weighted by Gasteiger charge is 2.23. The summed E-state index contributed by atoms with van der Waals surface area (Å²) < 4.78 is 45.4. The third kappa shape index (κ3) is 4.04. The van der Waals surface area contributed by atoms with E-state index >= 15 is 0 Å². The minimum absolute atomic E-state index is 0. The van der Waals surface area contributed by atoms with Crippen LogP contribution in [0.4, 0.5) is 0 Å². The van der Waals surface area contributed by atoms with E-state index in [9.17, 15) is 13.2 Å². The largest absolute Gasteiger partial charge is 0.454 e. The molecule has 11 heteroatoms. The molecule has 0 aliphatic carbocycles. The summed E-state index contributed by atoms with van der Waals surface area (Å²) in [5.74, 6) is 0.768. The molecule has 30 heavy (non-hydrogen) atoms. The van der Waals surface area contributed by atoms with Gasteiger partial charge in [-0.3, -0.25) is 4.57 Å². The molecule has 4 rings (SSSR count). The van der Waals surface area contributed by atoms with Crippen LogP contribution < -0.4 is 20.0 Å². The van der Waals surface area contributed by atoms with Gasteiger partial charge in [-0.1, -0.05) is 6.07 Å².